The molecule has 0 atom stereocenters. The molecule has 2 aromatic rings. The first-order chi connectivity index (χ1) is 9.16. The minimum atomic E-state index is -0.518. The number of benzene rings is 1. The van der Waals surface area contributed by atoms with Crippen LogP contribution in [0.3, 0.4) is 0 Å². The first-order valence-corrected chi connectivity index (χ1v) is 5.99. The first kappa shape index (κ1) is 12.9. The fourth-order valence-corrected chi connectivity index (χ4v) is 1.78. The van der Waals surface area contributed by atoms with E-state index in [1.54, 1.807) is 24.5 Å². The van der Waals surface area contributed by atoms with Crippen LogP contribution in [0.1, 0.15) is 15.9 Å². The number of primary amides is 1. The van der Waals surface area contributed by atoms with Gasteiger partial charge in [-0.3, -0.25) is 9.78 Å². The molecule has 5 heteroatoms. The Morgan fingerprint density at radius 1 is 1.21 bits per heavy atom. The van der Waals surface area contributed by atoms with Crippen LogP contribution >= 0.6 is 0 Å². The lowest BCUT2D eigenvalue weighted by Gasteiger charge is -2.09. The molecule has 0 bridgehead atoms. The van der Waals surface area contributed by atoms with Crippen molar-refractivity contribution in [3.63, 3.8) is 0 Å². The molecule has 0 aliphatic heterocycles. The van der Waals surface area contributed by atoms with Gasteiger partial charge in [0.2, 0.25) is 0 Å². The van der Waals surface area contributed by atoms with Crippen molar-refractivity contribution in [2.24, 2.45) is 5.73 Å². The van der Waals surface area contributed by atoms with Crippen molar-refractivity contribution >= 4 is 17.3 Å². The summed E-state index contributed by atoms with van der Waals surface area (Å²) in [4.78, 5) is 15.1. The number of anilines is 2. The molecule has 19 heavy (non-hydrogen) atoms. The molecule has 1 heterocycles. The maximum absolute atomic E-state index is 11.2. The second-order valence-electron chi connectivity index (χ2n) is 4.20. The Morgan fingerprint density at radius 3 is 2.63 bits per heavy atom. The molecule has 0 saturated heterocycles. The van der Waals surface area contributed by atoms with Crippen LogP contribution < -0.4 is 16.8 Å². The largest absolute Gasteiger partial charge is 0.398 e. The Bertz CT molecular complexity index is 569. The Labute approximate surface area is 111 Å². The standard InChI is InChI=1S/C14H16N4O/c15-13-2-1-11(9-12(13)14(16)19)18-8-5-10-3-6-17-7-4-10/h1-4,6-7,9,18H,5,8,15H2,(H2,16,19). The van der Waals surface area contributed by atoms with E-state index in [2.05, 4.69) is 10.3 Å². The molecular weight excluding hydrogens is 240 g/mol. The Morgan fingerprint density at radius 2 is 1.95 bits per heavy atom. The Kier molecular flexibility index (Phi) is 3.97. The van der Waals surface area contributed by atoms with Gasteiger partial charge < -0.3 is 16.8 Å². The number of nitrogens with two attached hydrogens (primary N) is 2. The number of amides is 1. The van der Waals surface area contributed by atoms with E-state index < -0.39 is 5.91 Å². The van der Waals surface area contributed by atoms with Crippen molar-refractivity contribution < 1.29 is 4.79 Å². The molecule has 0 saturated carbocycles. The molecule has 0 fully saturated rings. The van der Waals surface area contributed by atoms with Gasteiger partial charge in [-0.2, -0.15) is 0 Å². The predicted molar refractivity (Wildman–Crippen MR) is 75.8 cm³/mol. The highest BCUT2D eigenvalue weighted by Gasteiger charge is 2.06. The fraction of sp³-hybridized carbons (Fsp3) is 0.143. The lowest BCUT2D eigenvalue weighted by atomic mass is 10.1. The van der Waals surface area contributed by atoms with Crippen LogP contribution in [-0.4, -0.2) is 17.4 Å². The van der Waals surface area contributed by atoms with Crippen LogP contribution in [0, 0.1) is 0 Å². The van der Waals surface area contributed by atoms with Crippen LogP contribution in [0.5, 0.6) is 0 Å². The monoisotopic (exact) mass is 256 g/mol. The number of carbonyl (C=O) groups excluding carboxylic acids is 1. The van der Waals surface area contributed by atoms with E-state index in [9.17, 15) is 4.79 Å². The van der Waals surface area contributed by atoms with Gasteiger partial charge in [-0.1, -0.05) is 0 Å². The highest BCUT2D eigenvalue weighted by Crippen LogP contribution is 2.17. The van der Waals surface area contributed by atoms with Gasteiger partial charge in [0.25, 0.3) is 5.91 Å². The molecule has 0 radical (unpaired) electrons. The van der Waals surface area contributed by atoms with E-state index in [0.717, 1.165) is 18.7 Å². The van der Waals surface area contributed by atoms with Gasteiger partial charge in [0.1, 0.15) is 0 Å². The zero-order chi connectivity index (χ0) is 13.7. The van der Waals surface area contributed by atoms with Crippen molar-refractivity contribution in [3.05, 3.63) is 53.9 Å². The van der Waals surface area contributed by atoms with Crippen molar-refractivity contribution in [2.45, 2.75) is 6.42 Å². The normalized spacial score (nSPS) is 10.1. The summed E-state index contributed by atoms with van der Waals surface area (Å²) in [5, 5.41) is 3.23. The van der Waals surface area contributed by atoms with Crippen molar-refractivity contribution in [3.8, 4) is 0 Å². The van der Waals surface area contributed by atoms with E-state index in [0.29, 0.717) is 11.3 Å². The van der Waals surface area contributed by atoms with E-state index in [-0.39, 0.29) is 0 Å². The maximum atomic E-state index is 11.2. The summed E-state index contributed by atoms with van der Waals surface area (Å²) in [6.07, 6.45) is 4.41. The van der Waals surface area contributed by atoms with Gasteiger partial charge in [0.15, 0.2) is 0 Å². The smallest absolute Gasteiger partial charge is 0.250 e. The summed E-state index contributed by atoms with van der Waals surface area (Å²) in [7, 11) is 0. The zero-order valence-electron chi connectivity index (χ0n) is 10.5. The first-order valence-electron chi connectivity index (χ1n) is 5.99. The molecule has 98 valence electrons. The molecule has 0 spiro atoms. The topological polar surface area (TPSA) is 94.0 Å². The van der Waals surface area contributed by atoms with Crippen LogP contribution in [-0.2, 0) is 6.42 Å². The van der Waals surface area contributed by atoms with Crippen molar-refractivity contribution in [2.75, 3.05) is 17.6 Å². The summed E-state index contributed by atoms with van der Waals surface area (Å²) in [5.41, 5.74) is 13.7. The summed E-state index contributed by atoms with van der Waals surface area (Å²) in [6, 6.07) is 9.12. The summed E-state index contributed by atoms with van der Waals surface area (Å²) in [5.74, 6) is -0.518. The molecule has 2 rings (SSSR count). The minimum Gasteiger partial charge on any atom is -0.398 e. The molecule has 1 aromatic heterocycles. The molecule has 1 amide bonds. The number of nitrogens with zero attached hydrogens (tertiary/aromatic N) is 1. The number of nitrogens with one attached hydrogen (secondary N) is 1. The van der Waals surface area contributed by atoms with Crippen molar-refractivity contribution in [1.82, 2.24) is 4.98 Å². The van der Waals surface area contributed by atoms with Gasteiger partial charge in [-0.05, 0) is 42.3 Å². The number of pyridine rings is 1. The summed E-state index contributed by atoms with van der Waals surface area (Å²) < 4.78 is 0. The second kappa shape index (κ2) is 5.86. The SMILES string of the molecule is NC(=O)c1cc(NCCc2ccncc2)ccc1N. The average Bonchev–Trinajstić information content (AvgIpc) is 2.41. The molecule has 0 aliphatic rings. The predicted octanol–water partition coefficient (Wildman–Crippen LogP) is 1.42. The molecule has 5 nitrogen and oxygen atoms in total. The summed E-state index contributed by atoms with van der Waals surface area (Å²) >= 11 is 0. The Hall–Kier alpha value is -2.56. The number of rotatable bonds is 5. The van der Waals surface area contributed by atoms with Gasteiger partial charge in [-0.15, -0.1) is 0 Å². The molecular formula is C14H16N4O. The third kappa shape index (κ3) is 3.45. The molecule has 5 N–H and O–H groups in total. The van der Waals surface area contributed by atoms with E-state index in [4.69, 9.17) is 11.5 Å². The van der Waals surface area contributed by atoms with Crippen LogP contribution in [0.15, 0.2) is 42.7 Å². The zero-order valence-corrected chi connectivity index (χ0v) is 10.5. The lowest BCUT2D eigenvalue weighted by molar-refractivity contribution is 0.100. The summed E-state index contributed by atoms with van der Waals surface area (Å²) in [6.45, 7) is 0.756. The van der Waals surface area contributed by atoms with Crippen LogP contribution in [0.2, 0.25) is 0 Å². The van der Waals surface area contributed by atoms with Gasteiger partial charge in [0, 0.05) is 30.3 Å². The second-order valence-corrected chi connectivity index (χ2v) is 4.20. The van der Waals surface area contributed by atoms with Gasteiger partial charge >= 0.3 is 0 Å². The van der Waals surface area contributed by atoms with Crippen LogP contribution in [0.4, 0.5) is 11.4 Å². The third-order valence-electron chi connectivity index (χ3n) is 2.81. The number of hydrogen-bond donors (Lipinski definition) is 3. The van der Waals surface area contributed by atoms with Gasteiger partial charge in [-0.25, -0.2) is 0 Å². The van der Waals surface area contributed by atoms with E-state index >= 15 is 0 Å². The maximum Gasteiger partial charge on any atom is 0.250 e. The average molecular weight is 256 g/mol. The molecule has 0 aliphatic carbocycles. The number of nitrogen functional groups attached to an aromatic ring is 1. The quantitative estimate of drug-likeness (QED) is 0.705. The fourth-order valence-electron chi connectivity index (χ4n) is 1.78. The highest BCUT2D eigenvalue weighted by atomic mass is 16.1. The molecule has 0 unspecified atom stereocenters. The van der Waals surface area contributed by atoms with Crippen LogP contribution in [0.25, 0.3) is 0 Å². The van der Waals surface area contributed by atoms with Crippen molar-refractivity contribution in [1.29, 1.82) is 0 Å². The number of hydrogen-bond acceptors (Lipinski definition) is 4. The lowest BCUT2D eigenvalue weighted by Crippen LogP contribution is -2.14. The minimum absolute atomic E-state index is 0.342. The number of aromatic nitrogens is 1. The highest BCUT2D eigenvalue weighted by molar-refractivity contribution is 5.98. The van der Waals surface area contributed by atoms with E-state index in [1.165, 1.54) is 5.56 Å². The van der Waals surface area contributed by atoms with Gasteiger partial charge in [0.05, 0.1) is 5.56 Å². The van der Waals surface area contributed by atoms with E-state index in [1.807, 2.05) is 18.2 Å². The Balaban J connectivity index is 1.97. The third-order valence-corrected chi connectivity index (χ3v) is 2.81. The molecule has 1 aromatic carbocycles. The number of carbonyl (C=O) groups is 1.